The van der Waals surface area contributed by atoms with Gasteiger partial charge in [-0.2, -0.15) is 0 Å². The third-order valence-corrected chi connectivity index (χ3v) is 7.06. The Kier molecular flexibility index (Phi) is 10.1. The van der Waals surface area contributed by atoms with Gasteiger partial charge in [0.2, 0.25) is 0 Å². The second-order valence-corrected chi connectivity index (χ2v) is 10.2. The first-order valence-electron chi connectivity index (χ1n) is 14.2. The average molecular weight is 683 g/mol. The molecule has 0 saturated heterocycles. The summed E-state index contributed by atoms with van der Waals surface area (Å²) in [4.78, 5) is 61.8. The van der Waals surface area contributed by atoms with Crippen LogP contribution in [0.2, 0.25) is 0 Å². The first-order valence-corrected chi connectivity index (χ1v) is 14.2. The Balaban J connectivity index is 1.23. The maximum atomic E-state index is 12.7. The number of ether oxygens (including phenoxy) is 3. The third-order valence-electron chi connectivity index (χ3n) is 7.06. The van der Waals surface area contributed by atoms with Crippen LogP contribution >= 0.6 is 0 Å². The minimum Gasteiger partial charge on any atom is -0.478 e. The first kappa shape index (κ1) is 34.2. The number of nitrogens with zero attached hydrogens (tertiary/aromatic N) is 2. The van der Waals surface area contributed by atoms with E-state index in [1.807, 2.05) is 0 Å². The summed E-state index contributed by atoms with van der Waals surface area (Å²) < 4.78 is 16.8. The summed E-state index contributed by atoms with van der Waals surface area (Å²) in [7, 11) is 0. The van der Waals surface area contributed by atoms with Crippen molar-refractivity contribution in [1.29, 1.82) is 0 Å². The van der Waals surface area contributed by atoms with Crippen molar-refractivity contribution in [1.82, 2.24) is 0 Å². The molecule has 3 N–H and O–H groups in total. The Bertz CT molecular complexity index is 2030. The Morgan fingerprint density at radius 1 is 0.580 bits per heavy atom. The molecule has 0 fully saturated rings. The Morgan fingerprint density at radius 2 is 1.00 bits per heavy atom. The highest BCUT2D eigenvalue weighted by molar-refractivity contribution is 6.06. The van der Waals surface area contributed by atoms with E-state index in [1.54, 1.807) is 24.3 Å². The molecule has 5 aromatic rings. The molecule has 0 saturated carbocycles. The van der Waals surface area contributed by atoms with Crippen LogP contribution in [0.4, 0.5) is 11.4 Å². The van der Waals surface area contributed by atoms with E-state index in [-0.39, 0.29) is 16.9 Å². The van der Waals surface area contributed by atoms with Crippen LogP contribution in [0, 0.1) is 20.2 Å². The topological polar surface area (TPSA) is 235 Å². The summed E-state index contributed by atoms with van der Waals surface area (Å²) in [6.45, 7) is 0. The molecule has 5 aromatic carbocycles. The third kappa shape index (κ3) is 7.52. The Labute approximate surface area is 280 Å². The minimum absolute atomic E-state index is 0.0206. The summed E-state index contributed by atoms with van der Waals surface area (Å²) >= 11 is 0. The molecule has 0 heterocycles. The molecule has 1 atom stereocenters. The molecule has 0 aromatic heterocycles. The Hall–Kier alpha value is -7.17. The van der Waals surface area contributed by atoms with Gasteiger partial charge < -0.3 is 24.4 Å². The van der Waals surface area contributed by atoms with Crippen molar-refractivity contribution < 1.29 is 58.8 Å². The predicted octanol–water partition coefficient (Wildman–Crippen LogP) is 7.28. The molecule has 0 bridgehead atoms. The van der Waals surface area contributed by atoms with Crippen LogP contribution in [0.5, 0.6) is 28.7 Å². The lowest BCUT2D eigenvalue weighted by atomic mass is 9.95. The van der Waals surface area contributed by atoms with Crippen LogP contribution in [0.3, 0.4) is 0 Å². The molecule has 16 heteroatoms. The highest BCUT2D eigenvalue weighted by Crippen LogP contribution is 2.36. The first-order chi connectivity index (χ1) is 24.0. The number of carboxylic acid groups (broad SMARTS) is 2. The number of carbonyl (C=O) groups excluding carboxylic acids is 1. The van der Waals surface area contributed by atoms with Gasteiger partial charge in [0.25, 0.3) is 11.4 Å². The fourth-order valence-corrected chi connectivity index (χ4v) is 4.83. The summed E-state index contributed by atoms with van der Waals surface area (Å²) in [5.41, 5.74) is -3.05. The van der Waals surface area contributed by atoms with E-state index in [1.165, 1.54) is 54.6 Å². The lowest BCUT2D eigenvalue weighted by molar-refractivity contribution is -0.387. The summed E-state index contributed by atoms with van der Waals surface area (Å²) in [5, 5.41) is 51.5. The van der Waals surface area contributed by atoms with E-state index in [0.717, 1.165) is 30.3 Å². The van der Waals surface area contributed by atoms with Gasteiger partial charge in [-0.1, -0.05) is 24.3 Å². The van der Waals surface area contributed by atoms with Crippen LogP contribution in [-0.2, 0) is 4.89 Å². The molecule has 16 nitrogen and oxygen atoms in total. The number of hydrogen-bond acceptors (Lipinski definition) is 12. The van der Waals surface area contributed by atoms with E-state index in [9.17, 15) is 50.1 Å². The second kappa shape index (κ2) is 14.7. The van der Waals surface area contributed by atoms with Gasteiger partial charge in [-0.15, -0.1) is 0 Å². The van der Waals surface area contributed by atoms with Crippen molar-refractivity contribution in [2.75, 3.05) is 0 Å². The van der Waals surface area contributed by atoms with Gasteiger partial charge in [0.05, 0.1) is 26.5 Å². The lowest BCUT2D eigenvalue weighted by Crippen LogP contribution is -2.16. The molecule has 1 unspecified atom stereocenters. The molecule has 0 amide bonds. The molecule has 0 spiro atoms. The molecule has 0 aliphatic carbocycles. The minimum atomic E-state index is -1.53. The number of carboxylic acids is 2. The van der Waals surface area contributed by atoms with Crippen LogP contribution in [0.1, 0.15) is 48.3 Å². The highest BCUT2D eigenvalue weighted by atomic mass is 17.1. The van der Waals surface area contributed by atoms with Gasteiger partial charge in [0.15, 0.2) is 11.7 Å². The van der Waals surface area contributed by atoms with Gasteiger partial charge in [0, 0.05) is 12.1 Å². The molecule has 5 rings (SSSR count). The smallest absolute Gasteiger partial charge is 0.351 e. The standard InChI is InChI=1S/C34H22N2O14/c37-32(38)25-3-1-5-27(35(42)43)29(25)31(50-46)19-7-9-20(10-8-19)47-21-11-13-22(14-12-21)48-23-15-17-24(18-16-23)49-34(41)30-26(33(39)40)4-2-6-28(30)36(44)45/h1-18,31,46H,(H,37,38)(H,39,40). The molecule has 252 valence electrons. The van der Waals surface area contributed by atoms with Gasteiger partial charge in [-0.05, 0) is 78.4 Å². The number of benzene rings is 5. The number of esters is 1. The van der Waals surface area contributed by atoms with Crippen molar-refractivity contribution in [3.05, 3.63) is 157 Å². The van der Waals surface area contributed by atoms with E-state index in [0.29, 0.717) is 23.0 Å². The van der Waals surface area contributed by atoms with E-state index < -0.39 is 61.9 Å². The van der Waals surface area contributed by atoms with Gasteiger partial charge >= 0.3 is 17.9 Å². The van der Waals surface area contributed by atoms with Crippen LogP contribution in [0.15, 0.2) is 109 Å². The molecule has 50 heavy (non-hydrogen) atoms. The fourth-order valence-electron chi connectivity index (χ4n) is 4.83. The molecular formula is C34H22N2O14. The van der Waals surface area contributed by atoms with Crippen molar-refractivity contribution >= 4 is 29.3 Å². The maximum Gasteiger partial charge on any atom is 0.351 e. The molecule has 0 aliphatic rings. The zero-order valence-electron chi connectivity index (χ0n) is 25.2. The second-order valence-electron chi connectivity index (χ2n) is 10.2. The van der Waals surface area contributed by atoms with Crippen LogP contribution in [-0.4, -0.2) is 43.2 Å². The van der Waals surface area contributed by atoms with Crippen molar-refractivity contribution in [3.8, 4) is 28.7 Å². The largest absolute Gasteiger partial charge is 0.478 e. The van der Waals surface area contributed by atoms with Crippen LogP contribution < -0.4 is 14.2 Å². The molecule has 0 aliphatic heterocycles. The summed E-state index contributed by atoms with van der Waals surface area (Å²) in [5.74, 6) is -2.76. The van der Waals surface area contributed by atoms with E-state index in [2.05, 4.69) is 4.89 Å². The quantitative estimate of drug-likeness (QED) is 0.0364. The highest BCUT2D eigenvalue weighted by Gasteiger charge is 2.31. The predicted molar refractivity (Wildman–Crippen MR) is 170 cm³/mol. The number of carbonyl (C=O) groups is 3. The Morgan fingerprint density at radius 3 is 1.44 bits per heavy atom. The molecule has 0 radical (unpaired) electrons. The number of hydrogen-bond donors (Lipinski definition) is 3. The molecular weight excluding hydrogens is 660 g/mol. The monoisotopic (exact) mass is 682 g/mol. The normalized spacial score (nSPS) is 11.2. The zero-order valence-corrected chi connectivity index (χ0v) is 25.2. The average Bonchev–Trinajstić information content (AvgIpc) is 3.10. The number of nitro benzene ring substituents is 2. The van der Waals surface area contributed by atoms with Gasteiger partial charge in [0.1, 0.15) is 28.7 Å². The SMILES string of the molecule is O=C(O)c1cccc([N+](=O)[O-])c1C(=O)Oc1ccc(Oc2ccc(Oc3ccc(C(OO)c4c(C(=O)O)cccc4[N+](=O)[O-])cc3)cc2)cc1. The van der Waals surface area contributed by atoms with Crippen molar-refractivity contribution in [2.45, 2.75) is 6.10 Å². The van der Waals surface area contributed by atoms with Crippen molar-refractivity contribution in [3.63, 3.8) is 0 Å². The number of nitro groups is 2. The van der Waals surface area contributed by atoms with E-state index in [4.69, 9.17) is 14.2 Å². The number of aromatic carboxylic acids is 2. The summed E-state index contributed by atoms with van der Waals surface area (Å²) in [6.07, 6.45) is -1.48. The summed E-state index contributed by atoms with van der Waals surface area (Å²) in [6, 6.07) is 24.6. The lowest BCUT2D eigenvalue weighted by Gasteiger charge is -2.17. The van der Waals surface area contributed by atoms with Gasteiger partial charge in [-0.25, -0.2) is 19.3 Å². The van der Waals surface area contributed by atoms with Crippen molar-refractivity contribution in [2.24, 2.45) is 0 Å². The fraction of sp³-hybridized carbons (Fsp3) is 0.0294. The van der Waals surface area contributed by atoms with Gasteiger partial charge in [-0.3, -0.25) is 25.5 Å². The maximum absolute atomic E-state index is 12.7. The zero-order chi connectivity index (χ0) is 35.9. The number of rotatable bonds is 13. The van der Waals surface area contributed by atoms with E-state index >= 15 is 0 Å². The van der Waals surface area contributed by atoms with Crippen LogP contribution in [0.25, 0.3) is 0 Å².